The maximum Gasteiger partial charge on any atom is -0.0249 e. The minimum Gasteiger partial charge on any atom is -0.0654 e. The van der Waals surface area contributed by atoms with Gasteiger partial charge in [0.05, 0.1) is 0 Å². The summed E-state index contributed by atoms with van der Waals surface area (Å²) in [5.41, 5.74) is 0.460. The monoisotopic (exact) mass is 352 g/mol. The standard InChI is InChI=1S/C25H52/c1-11-13-14-16-23(8)25(10,19(3)4)24(9)22(7)18-21(6)17-20(5)15-12-2/h19-24H,11-18H2,1-10H3. The molecule has 0 nitrogen and oxygen atoms in total. The van der Waals surface area contributed by atoms with Gasteiger partial charge in [0, 0.05) is 0 Å². The molecule has 0 aromatic rings. The van der Waals surface area contributed by atoms with Gasteiger partial charge in [-0.05, 0) is 53.8 Å². The molecule has 0 aliphatic heterocycles. The van der Waals surface area contributed by atoms with Crippen molar-refractivity contribution in [2.75, 3.05) is 0 Å². The van der Waals surface area contributed by atoms with Crippen molar-refractivity contribution in [2.45, 2.75) is 121 Å². The SMILES string of the molecule is CCCCCC(C)C(C)(C(C)C)C(C)C(C)CC(C)CC(C)CCC. The lowest BCUT2D eigenvalue weighted by atomic mass is 9.57. The molecule has 0 spiro atoms. The predicted molar refractivity (Wildman–Crippen MR) is 117 cm³/mol. The van der Waals surface area contributed by atoms with Crippen LogP contribution in [0.1, 0.15) is 121 Å². The van der Waals surface area contributed by atoms with Crippen LogP contribution in [0.3, 0.4) is 0 Å². The highest BCUT2D eigenvalue weighted by Crippen LogP contribution is 2.48. The summed E-state index contributed by atoms with van der Waals surface area (Å²) in [4.78, 5) is 0. The Morgan fingerprint density at radius 1 is 0.680 bits per heavy atom. The second kappa shape index (κ2) is 12.4. The largest absolute Gasteiger partial charge is 0.0654 e. The van der Waals surface area contributed by atoms with Crippen molar-refractivity contribution in [1.82, 2.24) is 0 Å². The molecular formula is C25H52. The Morgan fingerprint density at radius 3 is 1.76 bits per heavy atom. The van der Waals surface area contributed by atoms with E-state index in [1.165, 1.54) is 51.4 Å². The summed E-state index contributed by atoms with van der Waals surface area (Å²) in [5, 5.41) is 0. The van der Waals surface area contributed by atoms with Crippen LogP contribution in [0.15, 0.2) is 0 Å². The molecule has 25 heavy (non-hydrogen) atoms. The van der Waals surface area contributed by atoms with Crippen LogP contribution < -0.4 is 0 Å². The van der Waals surface area contributed by atoms with Gasteiger partial charge in [-0.2, -0.15) is 0 Å². The molecule has 0 aliphatic rings. The Hall–Kier alpha value is 0. The first-order valence-corrected chi connectivity index (χ1v) is 11.6. The lowest BCUT2D eigenvalue weighted by Gasteiger charge is -2.48. The fourth-order valence-electron chi connectivity index (χ4n) is 5.40. The molecule has 0 saturated heterocycles. The minimum atomic E-state index is 0.460. The molecule has 0 N–H and O–H groups in total. The van der Waals surface area contributed by atoms with Crippen LogP contribution >= 0.6 is 0 Å². The Balaban J connectivity index is 4.86. The molecule has 0 bridgehead atoms. The van der Waals surface area contributed by atoms with E-state index in [1.54, 1.807) is 0 Å². The van der Waals surface area contributed by atoms with Crippen molar-refractivity contribution in [3.8, 4) is 0 Å². The van der Waals surface area contributed by atoms with Crippen molar-refractivity contribution in [1.29, 1.82) is 0 Å². The first-order valence-electron chi connectivity index (χ1n) is 11.6. The zero-order valence-electron chi connectivity index (χ0n) is 19.6. The second-order valence-electron chi connectivity index (χ2n) is 10.2. The number of hydrogen-bond donors (Lipinski definition) is 0. The van der Waals surface area contributed by atoms with Crippen LogP contribution in [0.5, 0.6) is 0 Å². The van der Waals surface area contributed by atoms with Crippen molar-refractivity contribution >= 4 is 0 Å². The first kappa shape index (κ1) is 25.0. The Labute approximate surface area is 161 Å². The molecule has 0 aliphatic carbocycles. The molecule has 0 saturated carbocycles. The first-order chi connectivity index (χ1) is 11.6. The third-order valence-electron chi connectivity index (χ3n) is 7.74. The average Bonchev–Trinajstić information content (AvgIpc) is 2.52. The Bertz CT molecular complexity index is 318. The van der Waals surface area contributed by atoms with Gasteiger partial charge in [-0.15, -0.1) is 0 Å². The van der Waals surface area contributed by atoms with Gasteiger partial charge in [0.15, 0.2) is 0 Å². The summed E-state index contributed by atoms with van der Waals surface area (Å²) in [6, 6.07) is 0. The summed E-state index contributed by atoms with van der Waals surface area (Å²) in [6.45, 7) is 24.7. The van der Waals surface area contributed by atoms with Gasteiger partial charge in [-0.3, -0.25) is 0 Å². The van der Waals surface area contributed by atoms with Crippen LogP contribution in [0.4, 0.5) is 0 Å². The number of unbranched alkanes of at least 4 members (excludes halogenated alkanes) is 2. The average molecular weight is 353 g/mol. The fraction of sp³-hybridized carbons (Fsp3) is 1.00. The topological polar surface area (TPSA) is 0 Å². The Morgan fingerprint density at radius 2 is 1.28 bits per heavy atom. The zero-order valence-corrected chi connectivity index (χ0v) is 19.6. The van der Waals surface area contributed by atoms with Gasteiger partial charge in [-0.25, -0.2) is 0 Å². The molecule has 0 aromatic carbocycles. The number of hydrogen-bond acceptors (Lipinski definition) is 0. The van der Waals surface area contributed by atoms with Crippen LogP contribution in [0, 0.1) is 40.9 Å². The smallest absolute Gasteiger partial charge is 0.0249 e. The van der Waals surface area contributed by atoms with Gasteiger partial charge in [0.2, 0.25) is 0 Å². The van der Waals surface area contributed by atoms with Gasteiger partial charge < -0.3 is 0 Å². The summed E-state index contributed by atoms with van der Waals surface area (Å²) < 4.78 is 0. The molecule has 6 atom stereocenters. The van der Waals surface area contributed by atoms with E-state index in [1.807, 2.05) is 0 Å². The quantitative estimate of drug-likeness (QED) is 0.273. The molecule has 152 valence electrons. The molecule has 0 amide bonds. The van der Waals surface area contributed by atoms with E-state index in [2.05, 4.69) is 69.2 Å². The minimum absolute atomic E-state index is 0.460. The summed E-state index contributed by atoms with van der Waals surface area (Å²) in [7, 11) is 0. The van der Waals surface area contributed by atoms with Crippen LogP contribution in [0.25, 0.3) is 0 Å². The Kier molecular flexibility index (Phi) is 12.4. The zero-order chi connectivity index (χ0) is 19.6. The van der Waals surface area contributed by atoms with E-state index in [9.17, 15) is 0 Å². The van der Waals surface area contributed by atoms with Crippen molar-refractivity contribution in [3.05, 3.63) is 0 Å². The summed E-state index contributed by atoms with van der Waals surface area (Å²) >= 11 is 0. The highest BCUT2D eigenvalue weighted by Gasteiger charge is 2.41. The fourth-order valence-corrected chi connectivity index (χ4v) is 5.40. The number of rotatable bonds is 14. The molecular weight excluding hydrogens is 300 g/mol. The summed E-state index contributed by atoms with van der Waals surface area (Å²) in [6.07, 6.45) is 11.1. The van der Waals surface area contributed by atoms with E-state index in [0.29, 0.717) is 5.41 Å². The van der Waals surface area contributed by atoms with Crippen molar-refractivity contribution in [3.63, 3.8) is 0 Å². The molecule has 0 radical (unpaired) electrons. The maximum absolute atomic E-state index is 2.60. The lowest BCUT2D eigenvalue weighted by molar-refractivity contribution is 0.0120. The normalized spacial score (nSPS) is 20.8. The maximum atomic E-state index is 2.60. The molecule has 6 unspecified atom stereocenters. The van der Waals surface area contributed by atoms with Crippen LogP contribution in [-0.4, -0.2) is 0 Å². The molecule has 0 heteroatoms. The van der Waals surface area contributed by atoms with E-state index >= 15 is 0 Å². The molecule has 0 fully saturated rings. The van der Waals surface area contributed by atoms with Crippen LogP contribution in [0.2, 0.25) is 0 Å². The van der Waals surface area contributed by atoms with Gasteiger partial charge >= 0.3 is 0 Å². The molecule has 0 aromatic heterocycles. The lowest BCUT2D eigenvalue weighted by Crippen LogP contribution is -2.41. The molecule has 0 heterocycles. The van der Waals surface area contributed by atoms with Crippen LogP contribution in [-0.2, 0) is 0 Å². The molecule has 0 rings (SSSR count). The van der Waals surface area contributed by atoms with Crippen molar-refractivity contribution < 1.29 is 0 Å². The second-order valence-corrected chi connectivity index (χ2v) is 10.2. The van der Waals surface area contributed by atoms with Crippen molar-refractivity contribution in [2.24, 2.45) is 40.9 Å². The van der Waals surface area contributed by atoms with E-state index in [4.69, 9.17) is 0 Å². The third-order valence-corrected chi connectivity index (χ3v) is 7.74. The third kappa shape index (κ3) is 8.04. The van der Waals surface area contributed by atoms with Gasteiger partial charge in [0.25, 0.3) is 0 Å². The van der Waals surface area contributed by atoms with E-state index in [-0.39, 0.29) is 0 Å². The van der Waals surface area contributed by atoms with Gasteiger partial charge in [-0.1, -0.05) is 108 Å². The highest BCUT2D eigenvalue weighted by atomic mass is 14.5. The predicted octanol–water partition coefficient (Wildman–Crippen LogP) is 8.99. The van der Waals surface area contributed by atoms with E-state index < -0.39 is 0 Å². The van der Waals surface area contributed by atoms with E-state index in [0.717, 1.165) is 35.5 Å². The van der Waals surface area contributed by atoms with Gasteiger partial charge in [0.1, 0.15) is 0 Å². The summed E-state index contributed by atoms with van der Waals surface area (Å²) in [5.74, 6) is 4.97. The highest BCUT2D eigenvalue weighted by molar-refractivity contribution is 4.90.